The first-order chi connectivity index (χ1) is 14.4. The Bertz CT molecular complexity index is 1250. The van der Waals surface area contributed by atoms with Crippen molar-refractivity contribution in [1.29, 1.82) is 0 Å². The standard InChI is InChI=1S/C23H17Cl2FN2O2/c24-16-4-1-3-15(9-16)13-28-21-6-2-5-20(17(21)11-22(28)23(29)30)27-12-14-7-8-19(26)18(25)10-14/h1-11,27H,12-13H2,(H,29,30). The predicted octanol–water partition coefficient (Wildman–Crippen LogP) is 6.45. The van der Waals surface area contributed by atoms with Gasteiger partial charge in [-0.3, -0.25) is 0 Å². The van der Waals surface area contributed by atoms with E-state index >= 15 is 0 Å². The molecule has 1 heterocycles. The molecule has 3 aromatic carbocycles. The fourth-order valence-electron chi connectivity index (χ4n) is 3.45. The van der Waals surface area contributed by atoms with Crippen molar-refractivity contribution in [2.45, 2.75) is 13.1 Å². The Morgan fingerprint density at radius 1 is 1.00 bits per heavy atom. The number of benzene rings is 3. The van der Waals surface area contributed by atoms with E-state index in [1.807, 2.05) is 36.4 Å². The number of fused-ring (bicyclic) bond motifs is 1. The third-order valence-corrected chi connectivity index (χ3v) is 5.39. The second kappa shape index (κ2) is 8.38. The summed E-state index contributed by atoms with van der Waals surface area (Å²) >= 11 is 11.9. The smallest absolute Gasteiger partial charge is 0.352 e. The van der Waals surface area contributed by atoms with Crippen molar-refractivity contribution < 1.29 is 14.3 Å². The lowest BCUT2D eigenvalue weighted by Crippen LogP contribution is -2.09. The van der Waals surface area contributed by atoms with E-state index in [0.717, 1.165) is 27.7 Å². The summed E-state index contributed by atoms with van der Waals surface area (Å²) < 4.78 is 15.1. The van der Waals surface area contributed by atoms with Gasteiger partial charge in [0.1, 0.15) is 11.5 Å². The molecule has 0 aliphatic heterocycles. The molecule has 2 N–H and O–H groups in total. The van der Waals surface area contributed by atoms with Gasteiger partial charge >= 0.3 is 5.97 Å². The molecular formula is C23H17Cl2FN2O2. The van der Waals surface area contributed by atoms with Crippen molar-refractivity contribution >= 4 is 45.8 Å². The molecule has 30 heavy (non-hydrogen) atoms. The molecule has 0 amide bonds. The van der Waals surface area contributed by atoms with Gasteiger partial charge in [0.25, 0.3) is 0 Å². The highest BCUT2D eigenvalue weighted by Crippen LogP contribution is 2.29. The van der Waals surface area contributed by atoms with E-state index in [9.17, 15) is 14.3 Å². The number of nitrogens with one attached hydrogen (secondary N) is 1. The molecule has 0 saturated carbocycles. The largest absolute Gasteiger partial charge is 0.477 e. The van der Waals surface area contributed by atoms with Gasteiger partial charge in [-0.1, -0.05) is 47.5 Å². The maximum absolute atomic E-state index is 13.4. The fraction of sp³-hybridized carbons (Fsp3) is 0.0870. The maximum Gasteiger partial charge on any atom is 0.352 e. The van der Waals surface area contributed by atoms with Crippen LogP contribution in [0.1, 0.15) is 21.6 Å². The number of nitrogens with zero attached hydrogens (tertiary/aromatic N) is 1. The van der Waals surface area contributed by atoms with Crippen LogP contribution in [0.5, 0.6) is 0 Å². The highest BCUT2D eigenvalue weighted by atomic mass is 35.5. The lowest BCUT2D eigenvalue weighted by Gasteiger charge is -2.11. The number of anilines is 1. The van der Waals surface area contributed by atoms with Crippen molar-refractivity contribution in [1.82, 2.24) is 4.57 Å². The first-order valence-corrected chi connectivity index (χ1v) is 9.96. The third kappa shape index (κ3) is 4.13. The highest BCUT2D eigenvalue weighted by Gasteiger charge is 2.17. The van der Waals surface area contributed by atoms with E-state index in [-0.39, 0.29) is 10.7 Å². The number of carboxylic acids is 1. The number of aromatic carboxylic acids is 1. The molecule has 0 aliphatic rings. The van der Waals surface area contributed by atoms with E-state index in [1.54, 1.807) is 28.8 Å². The molecule has 0 aliphatic carbocycles. The van der Waals surface area contributed by atoms with E-state index in [0.29, 0.717) is 18.1 Å². The summed E-state index contributed by atoms with van der Waals surface area (Å²) in [4.78, 5) is 11.9. The van der Waals surface area contributed by atoms with Crippen molar-refractivity contribution in [2.24, 2.45) is 0 Å². The first-order valence-electron chi connectivity index (χ1n) is 9.20. The maximum atomic E-state index is 13.4. The Balaban J connectivity index is 1.70. The number of carboxylic acid groups (broad SMARTS) is 1. The number of hydrogen-bond donors (Lipinski definition) is 2. The van der Waals surface area contributed by atoms with Gasteiger partial charge in [0.2, 0.25) is 0 Å². The van der Waals surface area contributed by atoms with Crippen LogP contribution in [-0.2, 0) is 13.1 Å². The normalized spacial score (nSPS) is 11.0. The molecular weight excluding hydrogens is 426 g/mol. The summed E-state index contributed by atoms with van der Waals surface area (Å²) in [5, 5.41) is 14.5. The van der Waals surface area contributed by atoms with Crippen LogP contribution in [0.3, 0.4) is 0 Å². The zero-order chi connectivity index (χ0) is 21.3. The molecule has 0 fully saturated rings. The Hall–Kier alpha value is -3.02. The van der Waals surface area contributed by atoms with Gasteiger partial charge in [-0.05, 0) is 53.6 Å². The summed E-state index contributed by atoms with van der Waals surface area (Å²) in [6.45, 7) is 0.795. The molecule has 4 rings (SSSR count). The minimum Gasteiger partial charge on any atom is -0.477 e. The average Bonchev–Trinajstić information content (AvgIpc) is 3.08. The molecule has 1 aromatic heterocycles. The minimum absolute atomic E-state index is 0.0633. The predicted molar refractivity (Wildman–Crippen MR) is 118 cm³/mol. The molecule has 0 saturated heterocycles. The van der Waals surface area contributed by atoms with E-state index in [1.165, 1.54) is 6.07 Å². The topological polar surface area (TPSA) is 54.3 Å². The van der Waals surface area contributed by atoms with Crippen molar-refractivity contribution in [2.75, 3.05) is 5.32 Å². The molecule has 4 aromatic rings. The Morgan fingerprint density at radius 2 is 1.80 bits per heavy atom. The summed E-state index contributed by atoms with van der Waals surface area (Å²) in [6, 6.07) is 19.2. The molecule has 0 spiro atoms. The molecule has 7 heteroatoms. The van der Waals surface area contributed by atoms with Crippen LogP contribution in [0.25, 0.3) is 10.9 Å². The van der Waals surface area contributed by atoms with E-state index < -0.39 is 11.8 Å². The summed E-state index contributed by atoms with van der Waals surface area (Å²) in [7, 11) is 0. The zero-order valence-corrected chi connectivity index (χ0v) is 17.2. The Kier molecular flexibility index (Phi) is 5.66. The number of rotatable bonds is 6. The molecule has 0 unspecified atom stereocenters. The van der Waals surface area contributed by atoms with E-state index in [4.69, 9.17) is 23.2 Å². The Morgan fingerprint density at radius 3 is 2.53 bits per heavy atom. The van der Waals surface area contributed by atoms with Gasteiger partial charge in [0, 0.05) is 29.2 Å². The fourth-order valence-corrected chi connectivity index (χ4v) is 3.87. The molecule has 152 valence electrons. The second-order valence-electron chi connectivity index (χ2n) is 6.89. The van der Waals surface area contributed by atoms with Crippen LogP contribution in [0.4, 0.5) is 10.1 Å². The van der Waals surface area contributed by atoms with Gasteiger partial charge in [0.05, 0.1) is 10.5 Å². The van der Waals surface area contributed by atoms with Crippen molar-refractivity contribution in [3.63, 3.8) is 0 Å². The van der Waals surface area contributed by atoms with Crippen molar-refractivity contribution in [3.05, 3.63) is 99.4 Å². The van der Waals surface area contributed by atoms with E-state index in [2.05, 4.69) is 5.32 Å². The monoisotopic (exact) mass is 442 g/mol. The third-order valence-electron chi connectivity index (χ3n) is 4.86. The quantitative estimate of drug-likeness (QED) is 0.360. The lowest BCUT2D eigenvalue weighted by molar-refractivity contribution is 0.0686. The highest BCUT2D eigenvalue weighted by molar-refractivity contribution is 6.31. The summed E-state index contributed by atoms with van der Waals surface area (Å²) in [6.07, 6.45) is 0. The second-order valence-corrected chi connectivity index (χ2v) is 7.73. The Labute approximate surface area is 182 Å². The molecule has 0 bridgehead atoms. The average molecular weight is 443 g/mol. The van der Waals surface area contributed by atoms with Crippen LogP contribution in [0.15, 0.2) is 66.7 Å². The van der Waals surface area contributed by atoms with Crippen LogP contribution in [0, 0.1) is 5.82 Å². The number of aromatic nitrogens is 1. The van der Waals surface area contributed by atoms with Crippen molar-refractivity contribution in [3.8, 4) is 0 Å². The van der Waals surface area contributed by atoms with Crippen LogP contribution >= 0.6 is 23.2 Å². The van der Waals surface area contributed by atoms with Gasteiger partial charge in [-0.25, -0.2) is 9.18 Å². The molecule has 0 radical (unpaired) electrons. The number of hydrogen-bond acceptors (Lipinski definition) is 2. The van der Waals surface area contributed by atoms with Gasteiger partial charge in [-0.15, -0.1) is 0 Å². The SMILES string of the molecule is O=C(O)c1cc2c(NCc3ccc(F)c(Cl)c3)cccc2n1Cc1cccc(Cl)c1. The summed E-state index contributed by atoms with van der Waals surface area (Å²) in [5.74, 6) is -1.48. The summed E-state index contributed by atoms with van der Waals surface area (Å²) in [5.41, 5.74) is 3.47. The zero-order valence-electron chi connectivity index (χ0n) is 15.7. The van der Waals surface area contributed by atoms with Gasteiger partial charge in [0.15, 0.2) is 0 Å². The van der Waals surface area contributed by atoms with Crippen LogP contribution in [-0.4, -0.2) is 15.6 Å². The molecule has 0 atom stereocenters. The van der Waals surface area contributed by atoms with Crippen LogP contribution in [0.2, 0.25) is 10.0 Å². The van der Waals surface area contributed by atoms with Gasteiger partial charge < -0.3 is 15.0 Å². The van der Waals surface area contributed by atoms with Gasteiger partial charge in [-0.2, -0.15) is 0 Å². The number of carbonyl (C=O) groups is 1. The molecule has 4 nitrogen and oxygen atoms in total. The van der Waals surface area contributed by atoms with Crippen LogP contribution < -0.4 is 5.32 Å². The number of halogens is 3. The minimum atomic E-state index is -1.01. The lowest BCUT2D eigenvalue weighted by atomic mass is 10.1. The first kappa shape index (κ1) is 20.3.